The summed E-state index contributed by atoms with van der Waals surface area (Å²) in [5, 5.41) is 3.30. The topological polar surface area (TPSA) is 29.1 Å². The zero-order valence-corrected chi connectivity index (χ0v) is 13.4. The van der Waals surface area contributed by atoms with Crippen LogP contribution in [0.1, 0.15) is 23.7 Å². The van der Waals surface area contributed by atoms with Gasteiger partial charge >= 0.3 is 0 Å². The highest BCUT2D eigenvalue weighted by atomic mass is 79.9. The van der Waals surface area contributed by atoms with E-state index >= 15 is 0 Å². The second kappa shape index (κ2) is 6.91. The van der Waals surface area contributed by atoms with Gasteiger partial charge < -0.3 is 5.32 Å². The summed E-state index contributed by atoms with van der Waals surface area (Å²) >= 11 is 9.43. The van der Waals surface area contributed by atoms with Crippen LogP contribution in [0.15, 0.2) is 58.7 Å². The molecule has 0 saturated carbocycles. The molecule has 1 N–H and O–H groups in total. The normalized spacial score (nSPS) is 17.6. The molecule has 0 heterocycles. The van der Waals surface area contributed by atoms with E-state index in [0.29, 0.717) is 21.0 Å². The zero-order chi connectivity index (χ0) is 14.5. The number of hydrogen-bond acceptors (Lipinski definition) is 1. The van der Waals surface area contributed by atoms with Gasteiger partial charge in [-0.15, -0.1) is 0 Å². The number of allylic oxidation sites excluding steroid dienone is 5. The lowest BCUT2D eigenvalue weighted by atomic mass is 10.1. The average Bonchev–Trinajstić information content (AvgIpc) is 2.63. The first-order valence-corrected chi connectivity index (χ1v) is 7.61. The number of benzene rings is 1. The number of nitrogens with one attached hydrogen (secondary N) is 1. The Balaban J connectivity index is 2.17. The molecule has 1 aliphatic rings. The Labute approximate surface area is 132 Å². The van der Waals surface area contributed by atoms with E-state index in [1.165, 1.54) is 0 Å². The molecule has 1 aromatic carbocycles. The molecule has 2 rings (SSSR count). The van der Waals surface area contributed by atoms with Gasteiger partial charge in [0.05, 0.1) is 10.6 Å². The van der Waals surface area contributed by atoms with Crippen LogP contribution in [-0.2, 0) is 0 Å². The third-order valence-electron chi connectivity index (χ3n) is 3.08. The molecule has 1 aromatic rings. The third-order valence-corrected chi connectivity index (χ3v) is 4.05. The van der Waals surface area contributed by atoms with Crippen molar-refractivity contribution in [3.05, 3.63) is 69.3 Å². The SMILES string of the molecule is CCC1C=CC=C(NC(=O)c2c(Cl)cccc2Br)C=C1. The quantitative estimate of drug-likeness (QED) is 0.826. The van der Waals surface area contributed by atoms with Crippen LogP contribution in [0, 0.1) is 5.92 Å². The van der Waals surface area contributed by atoms with Crippen molar-refractivity contribution in [3.63, 3.8) is 0 Å². The van der Waals surface area contributed by atoms with Gasteiger partial charge in [-0.3, -0.25) is 4.79 Å². The van der Waals surface area contributed by atoms with Gasteiger partial charge in [-0.2, -0.15) is 0 Å². The van der Waals surface area contributed by atoms with Gasteiger partial charge in [0.15, 0.2) is 0 Å². The lowest BCUT2D eigenvalue weighted by Gasteiger charge is -2.09. The minimum absolute atomic E-state index is 0.221. The van der Waals surface area contributed by atoms with Crippen molar-refractivity contribution in [1.82, 2.24) is 5.32 Å². The maximum absolute atomic E-state index is 12.3. The molecule has 0 radical (unpaired) electrons. The molecule has 20 heavy (non-hydrogen) atoms. The maximum atomic E-state index is 12.3. The Morgan fingerprint density at radius 1 is 1.40 bits per heavy atom. The fraction of sp³-hybridized carbons (Fsp3) is 0.188. The number of amides is 1. The molecular weight excluding hydrogens is 338 g/mol. The van der Waals surface area contributed by atoms with Gasteiger partial charge in [-0.25, -0.2) is 0 Å². The molecular formula is C16H15BrClNO. The summed E-state index contributed by atoms with van der Waals surface area (Å²) in [6, 6.07) is 5.29. The van der Waals surface area contributed by atoms with E-state index in [1.54, 1.807) is 18.2 Å². The van der Waals surface area contributed by atoms with Gasteiger partial charge in [0.25, 0.3) is 5.91 Å². The number of rotatable bonds is 3. The van der Waals surface area contributed by atoms with Crippen LogP contribution in [0.4, 0.5) is 0 Å². The van der Waals surface area contributed by atoms with Crippen LogP contribution in [0.5, 0.6) is 0 Å². The summed E-state index contributed by atoms with van der Waals surface area (Å²) in [6.07, 6.45) is 11.0. The minimum atomic E-state index is -0.221. The smallest absolute Gasteiger partial charge is 0.258 e. The van der Waals surface area contributed by atoms with Crippen LogP contribution in [0.25, 0.3) is 0 Å². The first kappa shape index (κ1) is 15.1. The molecule has 0 saturated heterocycles. The fourth-order valence-corrected chi connectivity index (χ4v) is 2.83. The highest BCUT2D eigenvalue weighted by Gasteiger charge is 2.14. The first-order chi connectivity index (χ1) is 9.61. The molecule has 1 atom stereocenters. The average molecular weight is 353 g/mol. The Kier molecular flexibility index (Phi) is 5.21. The monoisotopic (exact) mass is 351 g/mol. The third kappa shape index (κ3) is 3.62. The van der Waals surface area contributed by atoms with Crippen LogP contribution >= 0.6 is 27.5 Å². The molecule has 104 valence electrons. The van der Waals surface area contributed by atoms with E-state index in [0.717, 1.165) is 12.1 Å². The van der Waals surface area contributed by atoms with Crippen molar-refractivity contribution in [2.24, 2.45) is 5.92 Å². The number of hydrogen-bond donors (Lipinski definition) is 1. The molecule has 0 aliphatic heterocycles. The minimum Gasteiger partial charge on any atom is -0.322 e. The molecule has 0 aromatic heterocycles. The second-order valence-electron chi connectivity index (χ2n) is 4.49. The molecule has 1 aliphatic carbocycles. The summed E-state index contributed by atoms with van der Waals surface area (Å²) in [6.45, 7) is 2.13. The van der Waals surface area contributed by atoms with E-state index < -0.39 is 0 Å². The standard InChI is InChI=1S/C16H15BrClNO/c1-2-11-5-3-6-12(10-9-11)19-16(20)15-13(17)7-4-8-14(15)18/h3-11H,2H2,1H3,(H,19,20). The van der Waals surface area contributed by atoms with Crippen molar-refractivity contribution in [3.8, 4) is 0 Å². The van der Waals surface area contributed by atoms with E-state index in [-0.39, 0.29) is 5.91 Å². The van der Waals surface area contributed by atoms with Gasteiger partial charge in [0, 0.05) is 10.2 Å². The first-order valence-electron chi connectivity index (χ1n) is 6.44. The van der Waals surface area contributed by atoms with Crippen LogP contribution in [-0.4, -0.2) is 5.91 Å². The Morgan fingerprint density at radius 2 is 2.20 bits per heavy atom. The molecule has 1 unspecified atom stereocenters. The molecule has 0 bridgehead atoms. The number of halogens is 2. The zero-order valence-electron chi connectivity index (χ0n) is 11.1. The van der Waals surface area contributed by atoms with Crippen LogP contribution in [0.3, 0.4) is 0 Å². The second-order valence-corrected chi connectivity index (χ2v) is 5.75. The van der Waals surface area contributed by atoms with Gasteiger partial charge in [0.2, 0.25) is 0 Å². The van der Waals surface area contributed by atoms with Crippen LogP contribution < -0.4 is 5.32 Å². The molecule has 4 heteroatoms. The largest absolute Gasteiger partial charge is 0.322 e. The van der Waals surface area contributed by atoms with E-state index in [9.17, 15) is 4.79 Å². The van der Waals surface area contributed by atoms with Crippen molar-refractivity contribution in [2.45, 2.75) is 13.3 Å². The number of carbonyl (C=O) groups is 1. The van der Waals surface area contributed by atoms with Crippen molar-refractivity contribution in [1.29, 1.82) is 0 Å². The summed E-state index contributed by atoms with van der Waals surface area (Å²) in [7, 11) is 0. The summed E-state index contributed by atoms with van der Waals surface area (Å²) in [5.74, 6) is 0.189. The lowest BCUT2D eigenvalue weighted by Crippen LogP contribution is -2.22. The molecule has 2 nitrogen and oxygen atoms in total. The lowest BCUT2D eigenvalue weighted by molar-refractivity contribution is 0.0966. The summed E-state index contributed by atoms with van der Waals surface area (Å²) in [5.41, 5.74) is 1.21. The molecule has 0 spiro atoms. The highest BCUT2D eigenvalue weighted by molar-refractivity contribution is 9.10. The Hall–Kier alpha value is -1.32. The predicted molar refractivity (Wildman–Crippen MR) is 86.8 cm³/mol. The Morgan fingerprint density at radius 3 is 2.90 bits per heavy atom. The number of carbonyl (C=O) groups excluding carboxylic acids is 1. The molecule has 1 amide bonds. The molecule has 0 fully saturated rings. The van der Waals surface area contributed by atoms with Crippen molar-refractivity contribution >= 4 is 33.4 Å². The van der Waals surface area contributed by atoms with Gasteiger partial charge in [0.1, 0.15) is 0 Å². The summed E-state index contributed by atoms with van der Waals surface area (Å²) in [4.78, 5) is 12.3. The van der Waals surface area contributed by atoms with Gasteiger partial charge in [-0.05, 0) is 52.6 Å². The Bertz CT molecular complexity index is 584. The van der Waals surface area contributed by atoms with Crippen molar-refractivity contribution in [2.75, 3.05) is 0 Å². The highest BCUT2D eigenvalue weighted by Crippen LogP contribution is 2.25. The van der Waals surface area contributed by atoms with Gasteiger partial charge in [-0.1, -0.05) is 42.8 Å². The maximum Gasteiger partial charge on any atom is 0.258 e. The summed E-state index contributed by atoms with van der Waals surface area (Å²) < 4.78 is 0.683. The van der Waals surface area contributed by atoms with Crippen LogP contribution in [0.2, 0.25) is 5.02 Å². The fourth-order valence-electron chi connectivity index (χ4n) is 1.91. The van der Waals surface area contributed by atoms with E-state index in [2.05, 4.69) is 40.3 Å². The van der Waals surface area contributed by atoms with E-state index in [4.69, 9.17) is 11.6 Å². The predicted octanol–water partition coefficient (Wildman–Crippen LogP) is 4.87. The van der Waals surface area contributed by atoms with Crippen molar-refractivity contribution < 1.29 is 4.79 Å². The van der Waals surface area contributed by atoms with E-state index in [1.807, 2.05) is 18.2 Å².